The Morgan fingerprint density at radius 2 is 1.37 bits per heavy atom. The van der Waals surface area contributed by atoms with Gasteiger partial charge in [0.15, 0.2) is 0 Å². The zero-order valence-electron chi connectivity index (χ0n) is 20.6. The molecule has 0 aliphatic rings. The average molecular weight is 536 g/mol. The Kier molecular flexibility index (Phi) is 11.9. The standard InChI is InChI=1S/C22H33N9O7/c23-4-2-1-3-15(20(35)31-17(22(37)38)7-18(32)33)29-21(36)16(6-13-9-26-11-28-13)30-19(34)14(24)5-12-8-25-10-27-12/h8-11,14-17H,1-7,23-24H2,(H,25,27)(H,26,28)(H,29,36)(H,30,34)(H,31,35)(H,32,33)(H,37,38). The number of aromatic nitrogens is 4. The van der Waals surface area contributed by atoms with Crippen molar-refractivity contribution in [2.24, 2.45) is 11.5 Å². The van der Waals surface area contributed by atoms with Crippen LogP contribution in [0.4, 0.5) is 0 Å². The average Bonchev–Trinajstić information content (AvgIpc) is 3.56. The van der Waals surface area contributed by atoms with Gasteiger partial charge in [0, 0.05) is 36.6 Å². The number of amides is 3. The Morgan fingerprint density at radius 1 is 0.816 bits per heavy atom. The number of carbonyl (C=O) groups is 5. The monoisotopic (exact) mass is 535 g/mol. The number of rotatable bonds is 17. The Balaban J connectivity index is 2.16. The summed E-state index contributed by atoms with van der Waals surface area (Å²) in [5, 5.41) is 25.5. The van der Waals surface area contributed by atoms with Crippen LogP contribution in [0.5, 0.6) is 0 Å². The fraction of sp³-hybridized carbons (Fsp3) is 0.500. The number of hydrogen-bond acceptors (Lipinski definition) is 9. The number of nitrogens with two attached hydrogens (primary N) is 2. The van der Waals surface area contributed by atoms with Crippen LogP contribution in [-0.2, 0) is 36.8 Å². The summed E-state index contributed by atoms with van der Waals surface area (Å²) < 4.78 is 0. The number of nitrogens with one attached hydrogen (secondary N) is 5. The van der Waals surface area contributed by atoms with E-state index in [2.05, 4.69) is 35.9 Å². The van der Waals surface area contributed by atoms with Crippen LogP contribution in [-0.4, -0.2) is 90.5 Å². The van der Waals surface area contributed by atoms with Crippen molar-refractivity contribution in [1.82, 2.24) is 35.9 Å². The molecule has 2 rings (SSSR count). The van der Waals surface area contributed by atoms with Gasteiger partial charge >= 0.3 is 11.9 Å². The van der Waals surface area contributed by atoms with E-state index in [-0.39, 0.29) is 19.3 Å². The Bertz CT molecular complexity index is 1060. The first-order chi connectivity index (χ1) is 18.1. The van der Waals surface area contributed by atoms with Crippen molar-refractivity contribution in [2.75, 3.05) is 6.54 Å². The molecule has 208 valence electrons. The zero-order valence-corrected chi connectivity index (χ0v) is 20.6. The van der Waals surface area contributed by atoms with Gasteiger partial charge in [-0.1, -0.05) is 0 Å². The van der Waals surface area contributed by atoms with Crippen LogP contribution in [0.15, 0.2) is 25.0 Å². The van der Waals surface area contributed by atoms with Crippen LogP contribution in [0.25, 0.3) is 0 Å². The first-order valence-electron chi connectivity index (χ1n) is 11.9. The third-order valence-corrected chi connectivity index (χ3v) is 5.52. The van der Waals surface area contributed by atoms with Gasteiger partial charge in [0.25, 0.3) is 0 Å². The number of unbranched alkanes of at least 4 members (excludes halogenated alkanes) is 1. The molecule has 0 radical (unpaired) electrons. The van der Waals surface area contributed by atoms with Crippen molar-refractivity contribution in [2.45, 2.75) is 62.7 Å². The van der Waals surface area contributed by atoms with Gasteiger partial charge in [-0.15, -0.1) is 0 Å². The third-order valence-electron chi connectivity index (χ3n) is 5.52. The maximum absolute atomic E-state index is 13.3. The number of hydrogen-bond donors (Lipinski definition) is 9. The zero-order chi connectivity index (χ0) is 28.1. The largest absolute Gasteiger partial charge is 0.481 e. The van der Waals surface area contributed by atoms with E-state index in [0.717, 1.165) is 0 Å². The lowest BCUT2D eigenvalue weighted by molar-refractivity contribution is -0.147. The summed E-state index contributed by atoms with van der Waals surface area (Å²) in [7, 11) is 0. The van der Waals surface area contributed by atoms with E-state index in [1.54, 1.807) is 0 Å². The highest BCUT2D eigenvalue weighted by molar-refractivity contribution is 5.94. The smallest absolute Gasteiger partial charge is 0.326 e. The molecule has 11 N–H and O–H groups in total. The molecule has 0 saturated carbocycles. The van der Waals surface area contributed by atoms with Crippen molar-refractivity contribution in [3.05, 3.63) is 36.4 Å². The molecule has 4 atom stereocenters. The van der Waals surface area contributed by atoms with E-state index < -0.39 is 60.2 Å². The van der Waals surface area contributed by atoms with Crippen LogP contribution < -0.4 is 27.4 Å². The number of aliphatic carboxylic acids is 2. The molecule has 38 heavy (non-hydrogen) atoms. The van der Waals surface area contributed by atoms with Gasteiger partial charge in [-0.05, 0) is 25.8 Å². The first-order valence-corrected chi connectivity index (χ1v) is 11.9. The minimum Gasteiger partial charge on any atom is -0.481 e. The van der Waals surface area contributed by atoms with E-state index in [1.165, 1.54) is 25.0 Å². The lowest BCUT2D eigenvalue weighted by atomic mass is 10.0. The van der Waals surface area contributed by atoms with Crippen molar-refractivity contribution in [3.8, 4) is 0 Å². The van der Waals surface area contributed by atoms with E-state index in [4.69, 9.17) is 16.6 Å². The number of imidazole rings is 2. The summed E-state index contributed by atoms with van der Waals surface area (Å²) >= 11 is 0. The van der Waals surface area contributed by atoms with E-state index in [1.807, 2.05) is 0 Å². The summed E-state index contributed by atoms with van der Waals surface area (Å²) in [4.78, 5) is 74.7. The van der Waals surface area contributed by atoms with Gasteiger partial charge in [-0.25, -0.2) is 14.8 Å². The molecule has 0 aliphatic heterocycles. The van der Waals surface area contributed by atoms with E-state index >= 15 is 0 Å². The van der Waals surface area contributed by atoms with Crippen LogP contribution in [0, 0.1) is 0 Å². The lowest BCUT2D eigenvalue weighted by Gasteiger charge is -2.25. The molecular weight excluding hydrogens is 502 g/mol. The van der Waals surface area contributed by atoms with Crippen LogP contribution in [0.1, 0.15) is 37.1 Å². The molecule has 2 aromatic rings. The highest BCUT2D eigenvalue weighted by atomic mass is 16.4. The minimum absolute atomic E-state index is 0.0117. The predicted octanol–water partition coefficient (Wildman–Crippen LogP) is -2.61. The number of carbonyl (C=O) groups excluding carboxylic acids is 3. The molecule has 0 saturated heterocycles. The Hall–Kier alpha value is -4.31. The fourth-order valence-corrected chi connectivity index (χ4v) is 3.51. The van der Waals surface area contributed by atoms with Gasteiger partial charge in [0.1, 0.15) is 18.1 Å². The summed E-state index contributed by atoms with van der Waals surface area (Å²) in [6.45, 7) is 0.325. The maximum Gasteiger partial charge on any atom is 0.326 e. The predicted molar refractivity (Wildman–Crippen MR) is 131 cm³/mol. The molecular formula is C22H33N9O7. The first kappa shape index (κ1) is 29.9. The van der Waals surface area contributed by atoms with E-state index in [9.17, 15) is 29.1 Å². The Morgan fingerprint density at radius 3 is 1.89 bits per heavy atom. The number of H-pyrrole nitrogens is 2. The van der Waals surface area contributed by atoms with Crippen LogP contribution in [0.2, 0.25) is 0 Å². The number of aromatic amines is 2. The summed E-state index contributed by atoms with van der Waals surface area (Å²) in [5.41, 5.74) is 12.6. The highest BCUT2D eigenvalue weighted by Gasteiger charge is 2.31. The Labute approximate surface area is 217 Å². The molecule has 0 fully saturated rings. The quantitative estimate of drug-likeness (QED) is 0.0946. The maximum atomic E-state index is 13.3. The van der Waals surface area contributed by atoms with Crippen molar-refractivity contribution < 1.29 is 34.2 Å². The second-order valence-electron chi connectivity index (χ2n) is 8.57. The highest BCUT2D eigenvalue weighted by Crippen LogP contribution is 2.06. The number of nitrogens with zero attached hydrogens (tertiary/aromatic N) is 2. The SMILES string of the molecule is NCCCCC(NC(=O)C(Cc1cnc[nH]1)NC(=O)C(N)Cc1cnc[nH]1)C(=O)NC(CC(=O)O)C(=O)O. The molecule has 4 unspecified atom stereocenters. The second-order valence-corrected chi connectivity index (χ2v) is 8.57. The molecule has 0 spiro atoms. The van der Waals surface area contributed by atoms with Crippen LogP contribution in [0.3, 0.4) is 0 Å². The topological polar surface area (TPSA) is 271 Å². The summed E-state index contributed by atoms with van der Waals surface area (Å²) in [6, 6.07) is -5.10. The fourth-order valence-electron chi connectivity index (χ4n) is 3.51. The molecule has 0 aliphatic carbocycles. The number of carboxylic acid groups (broad SMARTS) is 2. The summed E-state index contributed by atoms with van der Waals surface area (Å²) in [6.07, 6.45) is 6.12. The molecule has 2 heterocycles. The van der Waals surface area contributed by atoms with Crippen molar-refractivity contribution >= 4 is 29.7 Å². The summed E-state index contributed by atoms with van der Waals surface area (Å²) in [5.74, 6) is -5.21. The van der Waals surface area contributed by atoms with Gasteiger partial charge in [-0.3, -0.25) is 19.2 Å². The van der Waals surface area contributed by atoms with Gasteiger partial charge in [-0.2, -0.15) is 0 Å². The third kappa shape index (κ3) is 9.98. The molecule has 2 aromatic heterocycles. The minimum atomic E-state index is -1.70. The lowest BCUT2D eigenvalue weighted by Crippen LogP contribution is -2.58. The van der Waals surface area contributed by atoms with E-state index in [0.29, 0.717) is 30.8 Å². The van der Waals surface area contributed by atoms with Gasteiger partial charge in [0.05, 0.1) is 25.1 Å². The van der Waals surface area contributed by atoms with Crippen molar-refractivity contribution in [3.63, 3.8) is 0 Å². The normalized spacial score (nSPS) is 14.1. The van der Waals surface area contributed by atoms with Gasteiger partial charge < -0.3 is 47.6 Å². The van der Waals surface area contributed by atoms with Crippen LogP contribution >= 0.6 is 0 Å². The number of carboxylic acids is 2. The molecule has 0 aromatic carbocycles. The second kappa shape index (κ2) is 15.1. The molecule has 0 bridgehead atoms. The molecule has 16 nitrogen and oxygen atoms in total. The molecule has 3 amide bonds. The van der Waals surface area contributed by atoms with Crippen molar-refractivity contribution in [1.29, 1.82) is 0 Å². The van der Waals surface area contributed by atoms with Gasteiger partial charge in [0.2, 0.25) is 17.7 Å². The molecule has 16 heteroatoms.